The first-order chi connectivity index (χ1) is 7.00. The summed E-state index contributed by atoms with van der Waals surface area (Å²) in [4.78, 5) is 13.6. The number of ketones is 1. The number of aromatic nitrogens is 3. The van der Waals surface area contributed by atoms with Crippen molar-refractivity contribution in [3.63, 3.8) is 0 Å². The summed E-state index contributed by atoms with van der Waals surface area (Å²) in [6.07, 6.45) is 4.83. The Hall–Kier alpha value is -1.19. The lowest BCUT2D eigenvalue weighted by Crippen LogP contribution is -2.26. The second-order valence-corrected chi connectivity index (χ2v) is 5.02. The zero-order chi connectivity index (χ0) is 11.1. The van der Waals surface area contributed by atoms with Crippen LogP contribution in [0.1, 0.15) is 43.6 Å². The van der Waals surface area contributed by atoms with Crippen molar-refractivity contribution >= 4 is 5.78 Å². The average Bonchev–Trinajstić information content (AvgIpc) is 2.70. The van der Waals surface area contributed by atoms with Crippen LogP contribution in [0, 0.1) is 11.3 Å². The van der Waals surface area contributed by atoms with Crippen LogP contribution in [0.5, 0.6) is 0 Å². The van der Waals surface area contributed by atoms with E-state index < -0.39 is 0 Å². The van der Waals surface area contributed by atoms with Gasteiger partial charge in [0.25, 0.3) is 0 Å². The lowest BCUT2D eigenvalue weighted by molar-refractivity contribution is 0.0833. The molecule has 0 N–H and O–H groups in total. The Kier molecular flexibility index (Phi) is 2.37. The fraction of sp³-hybridized carbons (Fsp3) is 0.727. The van der Waals surface area contributed by atoms with Crippen molar-refractivity contribution in [2.75, 3.05) is 0 Å². The lowest BCUT2D eigenvalue weighted by atomic mass is 9.79. The Morgan fingerprint density at radius 3 is 2.80 bits per heavy atom. The van der Waals surface area contributed by atoms with Crippen LogP contribution >= 0.6 is 0 Å². The van der Waals surface area contributed by atoms with Gasteiger partial charge in [-0.15, -0.1) is 0 Å². The number of carbonyl (C=O) groups excluding carboxylic acids is 1. The van der Waals surface area contributed by atoms with Gasteiger partial charge in [0.05, 0.1) is 6.20 Å². The second kappa shape index (κ2) is 3.43. The molecule has 1 heterocycles. The second-order valence-electron chi connectivity index (χ2n) is 5.02. The molecule has 4 heteroatoms. The minimum Gasteiger partial charge on any atom is -0.292 e. The highest BCUT2D eigenvalue weighted by molar-refractivity contribution is 5.96. The first-order valence-electron chi connectivity index (χ1n) is 5.41. The summed E-state index contributed by atoms with van der Waals surface area (Å²) >= 11 is 0. The standard InChI is InChI=1S/C11H17N3O/c1-11(2)6-4-5-8(11)10(15)9-7-12-14(3)13-9/h7-8H,4-6H2,1-3H3. The van der Waals surface area contributed by atoms with Gasteiger partial charge in [0.1, 0.15) is 5.69 Å². The van der Waals surface area contributed by atoms with E-state index in [9.17, 15) is 4.79 Å². The van der Waals surface area contributed by atoms with E-state index in [1.165, 1.54) is 4.80 Å². The molecule has 0 amide bonds. The fourth-order valence-electron chi connectivity index (χ4n) is 2.45. The molecule has 82 valence electrons. The van der Waals surface area contributed by atoms with Gasteiger partial charge in [-0.1, -0.05) is 20.3 Å². The van der Waals surface area contributed by atoms with Crippen molar-refractivity contribution in [2.24, 2.45) is 18.4 Å². The summed E-state index contributed by atoms with van der Waals surface area (Å²) in [5.74, 6) is 0.278. The van der Waals surface area contributed by atoms with Gasteiger partial charge in [-0.2, -0.15) is 15.0 Å². The highest BCUT2D eigenvalue weighted by Crippen LogP contribution is 2.43. The molecule has 1 aromatic rings. The van der Waals surface area contributed by atoms with E-state index in [2.05, 4.69) is 24.0 Å². The molecule has 4 nitrogen and oxygen atoms in total. The van der Waals surface area contributed by atoms with Crippen LogP contribution in [0.15, 0.2) is 6.20 Å². The summed E-state index contributed by atoms with van der Waals surface area (Å²) in [6.45, 7) is 4.33. The zero-order valence-corrected chi connectivity index (χ0v) is 9.53. The summed E-state index contributed by atoms with van der Waals surface area (Å²) in [6, 6.07) is 0. The van der Waals surface area contributed by atoms with E-state index >= 15 is 0 Å². The van der Waals surface area contributed by atoms with Crippen LogP contribution in [0.3, 0.4) is 0 Å². The minimum absolute atomic E-state index is 0.120. The Balaban J connectivity index is 2.21. The van der Waals surface area contributed by atoms with E-state index in [0.717, 1.165) is 19.3 Å². The molecule has 1 unspecified atom stereocenters. The Morgan fingerprint density at radius 2 is 2.33 bits per heavy atom. The van der Waals surface area contributed by atoms with E-state index in [1.807, 2.05) is 0 Å². The molecule has 0 aliphatic heterocycles. The largest absolute Gasteiger partial charge is 0.292 e. The highest BCUT2D eigenvalue weighted by atomic mass is 16.1. The van der Waals surface area contributed by atoms with Gasteiger partial charge in [0.2, 0.25) is 0 Å². The molecule has 15 heavy (non-hydrogen) atoms. The topological polar surface area (TPSA) is 47.8 Å². The molecule has 0 radical (unpaired) electrons. The van der Waals surface area contributed by atoms with E-state index in [1.54, 1.807) is 13.2 Å². The lowest BCUT2D eigenvalue weighted by Gasteiger charge is -2.24. The van der Waals surface area contributed by atoms with Crippen LogP contribution < -0.4 is 0 Å². The molecule has 1 aromatic heterocycles. The van der Waals surface area contributed by atoms with Gasteiger partial charge in [-0.3, -0.25) is 4.79 Å². The molecular formula is C11H17N3O. The number of hydrogen-bond acceptors (Lipinski definition) is 3. The zero-order valence-electron chi connectivity index (χ0n) is 9.53. The molecule has 1 aliphatic carbocycles. The van der Waals surface area contributed by atoms with Gasteiger partial charge in [-0.05, 0) is 18.3 Å². The molecule has 1 aliphatic rings. The number of carbonyl (C=O) groups is 1. The molecule has 0 saturated heterocycles. The monoisotopic (exact) mass is 207 g/mol. The maximum Gasteiger partial charge on any atom is 0.188 e. The van der Waals surface area contributed by atoms with Crippen LogP contribution in [-0.2, 0) is 7.05 Å². The summed E-state index contributed by atoms with van der Waals surface area (Å²) < 4.78 is 0. The maximum absolute atomic E-state index is 12.2. The van der Waals surface area contributed by atoms with Crippen LogP contribution in [-0.4, -0.2) is 20.8 Å². The highest BCUT2D eigenvalue weighted by Gasteiger charge is 2.40. The molecule has 0 spiro atoms. The molecular weight excluding hydrogens is 190 g/mol. The average molecular weight is 207 g/mol. The molecule has 1 atom stereocenters. The smallest absolute Gasteiger partial charge is 0.188 e. The van der Waals surface area contributed by atoms with Crippen molar-refractivity contribution in [1.82, 2.24) is 15.0 Å². The molecule has 1 fully saturated rings. The van der Waals surface area contributed by atoms with Gasteiger partial charge in [0.15, 0.2) is 5.78 Å². The number of aryl methyl sites for hydroxylation is 1. The quantitative estimate of drug-likeness (QED) is 0.695. The van der Waals surface area contributed by atoms with Crippen molar-refractivity contribution < 1.29 is 4.79 Å². The van der Waals surface area contributed by atoms with E-state index in [4.69, 9.17) is 0 Å². The summed E-state index contributed by atoms with van der Waals surface area (Å²) in [5.41, 5.74) is 0.631. The van der Waals surface area contributed by atoms with E-state index in [0.29, 0.717) is 5.69 Å². The number of Topliss-reactive ketones (excluding diaryl/α,β-unsaturated/α-hetero) is 1. The van der Waals surface area contributed by atoms with Crippen LogP contribution in [0.2, 0.25) is 0 Å². The first-order valence-corrected chi connectivity index (χ1v) is 5.41. The first kappa shape index (κ1) is 10.3. The van der Waals surface area contributed by atoms with E-state index in [-0.39, 0.29) is 17.1 Å². The third kappa shape index (κ3) is 1.80. The van der Waals surface area contributed by atoms with Gasteiger partial charge in [-0.25, -0.2) is 0 Å². The predicted octanol–water partition coefficient (Wildman–Crippen LogP) is 1.82. The Morgan fingerprint density at radius 1 is 1.60 bits per heavy atom. The number of rotatable bonds is 2. The molecule has 2 rings (SSSR count). The number of hydrogen-bond donors (Lipinski definition) is 0. The predicted molar refractivity (Wildman–Crippen MR) is 56.5 cm³/mol. The van der Waals surface area contributed by atoms with Crippen molar-refractivity contribution in [3.8, 4) is 0 Å². The van der Waals surface area contributed by atoms with Gasteiger partial charge < -0.3 is 0 Å². The van der Waals surface area contributed by atoms with Crippen molar-refractivity contribution in [3.05, 3.63) is 11.9 Å². The van der Waals surface area contributed by atoms with Gasteiger partial charge >= 0.3 is 0 Å². The normalized spacial score (nSPS) is 24.3. The van der Waals surface area contributed by atoms with Crippen LogP contribution in [0.4, 0.5) is 0 Å². The van der Waals surface area contributed by atoms with Gasteiger partial charge in [0, 0.05) is 13.0 Å². The summed E-state index contributed by atoms with van der Waals surface area (Å²) in [7, 11) is 1.73. The van der Waals surface area contributed by atoms with Crippen molar-refractivity contribution in [2.45, 2.75) is 33.1 Å². The Labute approximate surface area is 89.7 Å². The van der Waals surface area contributed by atoms with Crippen LogP contribution in [0.25, 0.3) is 0 Å². The minimum atomic E-state index is 0.120. The molecule has 0 aromatic carbocycles. The third-order valence-electron chi connectivity index (χ3n) is 3.43. The number of nitrogens with zero attached hydrogens (tertiary/aromatic N) is 3. The molecule has 1 saturated carbocycles. The fourth-order valence-corrected chi connectivity index (χ4v) is 2.45. The summed E-state index contributed by atoms with van der Waals surface area (Å²) in [5, 5.41) is 8.02. The molecule has 0 bridgehead atoms. The Bertz CT molecular complexity index is 381. The third-order valence-corrected chi connectivity index (χ3v) is 3.43. The van der Waals surface area contributed by atoms with Crippen molar-refractivity contribution in [1.29, 1.82) is 0 Å². The SMILES string of the molecule is Cn1ncc(C(=O)C2CCCC2(C)C)n1. The maximum atomic E-state index is 12.2.